The molecule has 3 aliphatic rings. The molecule has 0 aliphatic carbocycles. The van der Waals surface area contributed by atoms with Gasteiger partial charge in [0.25, 0.3) is 5.91 Å². The summed E-state index contributed by atoms with van der Waals surface area (Å²) in [5, 5.41) is 3.17. The van der Waals surface area contributed by atoms with Crippen molar-refractivity contribution in [1.29, 1.82) is 0 Å². The highest BCUT2D eigenvalue weighted by Gasteiger charge is 2.35. The maximum atomic E-state index is 12.5. The maximum Gasteiger partial charge on any atom is 0.270 e. The third kappa shape index (κ3) is 3.00. The van der Waals surface area contributed by atoms with Crippen molar-refractivity contribution in [2.45, 2.75) is 25.8 Å². The van der Waals surface area contributed by atoms with Gasteiger partial charge >= 0.3 is 0 Å². The number of hydrogen-bond donors (Lipinski definition) is 1. The Balaban J connectivity index is 1.73. The molecule has 21 heavy (non-hydrogen) atoms. The number of aryl methyl sites for hydroxylation is 1. The zero-order valence-electron chi connectivity index (χ0n) is 13.0. The van der Waals surface area contributed by atoms with Crippen LogP contribution in [0.4, 0.5) is 5.95 Å². The highest BCUT2D eigenvalue weighted by atomic mass is 16.2. The fourth-order valence-corrected chi connectivity index (χ4v) is 3.24. The van der Waals surface area contributed by atoms with Gasteiger partial charge < -0.3 is 15.1 Å². The normalized spacial score (nSPS) is 27.5. The Morgan fingerprint density at radius 1 is 1.33 bits per heavy atom. The Morgan fingerprint density at radius 3 is 2.62 bits per heavy atom. The molecule has 0 saturated carbocycles. The molecule has 1 aromatic heterocycles. The van der Waals surface area contributed by atoms with E-state index in [0.29, 0.717) is 17.6 Å². The van der Waals surface area contributed by atoms with Crippen molar-refractivity contribution in [3.8, 4) is 0 Å². The van der Waals surface area contributed by atoms with Crippen LogP contribution in [-0.2, 0) is 0 Å². The number of amides is 1. The molecule has 1 aromatic rings. The summed E-state index contributed by atoms with van der Waals surface area (Å²) >= 11 is 0. The minimum atomic E-state index is -0.0812. The van der Waals surface area contributed by atoms with Gasteiger partial charge in [0.15, 0.2) is 0 Å². The second-order valence-corrected chi connectivity index (χ2v) is 6.31. The Bertz CT molecular complexity index is 537. The van der Waals surface area contributed by atoms with Gasteiger partial charge in [-0.05, 0) is 44.8 Å². The lowest BCUT2D eigenvalue weighted by Gasteiger charge is -2.44. The summed E-state index contributed by atoms with van der Waals surface area (Å²) in [6.45, 7) is 5.21. The number of aromatic nitrogens is 2. The van der Waals surface area contributed by atoms with Crippen LogP contribution in [0.3, 0.4) is 0 Å². The van der Waals surface area contributed by atoms with Crippen LogP contribution >= 0.6 is 0 Å². The van der Waals surface area contributed by atoms with Crippen LogP contribution in [0.2, 0.25) is 0 Å². The second kappa shape index (κ2) is 5.60. The van der Waals surface area contributed by atoms with E-state index in [4.69, 9.17) is 0 Å². The smallest absolute Gasteiger partial charge is 0.270 e. The van der Waals surface area contributed by atoms with Crippen LogP contribution in [0.15, 0.2) is 6.07 Å². The Kier molecular flexibility index (Phi) is 3.80. The molecule has 0 radical (unpaired) electrons. The van der Waals surface area contributed by atoms with Gasteiger partial charge in [0.2, 0.25) is 5.95 Å². The van der Waals surface area contributed by atoms with Crippen molar-refractivity contribution >= 4 is 11.9 Å². The summed E-state index contributed by atoms with van der Waals surface area (Å²) in [5.41, 5.74) is 1.27. The van der Waals surface area contributed by atoms with Crippen molar-refractivity contribution < 1.29 is 4.79 Å². The molecule has 6 heteroatoms. The van der Waals surface area contributed by atoms with Crippen molar-refractivity contribution in [3.63, 3.8) is 0 Å². The number of anilines is 1. The van der Waals surface area contributed by atoms with E-state index in [1.807, 2.05) is 25.9 Å². The number of rotatable bonds is 3. The Morgan fingerprint density at radius 2 is 2.05 bits per heavy atom. The zero-order valence-corrected chi connectivity index (χ0v) is 13.0. The molecule has 4 heterocycles. The molecule has 4 rings (SSSR count). The number of piperidine rings is 3. The number of hydrogen-bond acceptors (Lipinski definition) is 5. The largest absolute Gasteiger partial charge is 0.347 e. The summed E-state index contributed by atoms with van der Waals surface area (Å²) in [5.74, 6) is 1.12. The van der Waals surface area contributed by atoms with Gasteiger partial charge in [-0.15, -0.1) is 0 Å². The van der Waals surface area contributed by atoms with E-state index in [0.717, 1.165) is 12.2 Å². The van der Waals surface area contributed by atoms with E-state index >= 15 is 0 Å². The summed E-state index contributed by atoms with van der Waals surface area (Å²) < 4.78 is 0. The van der Waals surface area contributed by atoms with Crippen molar-refractivity contribution in [1.82, 2.24) is 20.2 Å². The van der Waals surface area contributed by atoms with Gasteiger partial charge in [0, 0.05) is 32.4 Å². The van der Waals surface area contributed by atoms with E-state index in [2.05, 4.69) is 20.2 Å². The highest BCUT2D eigenvalue weighted by Crippen LogP contribution is 2.27. The number of nitrogens with one attached hydrogen (secondary N) is 1. The van der Waals surface area contributed by atoms with Crippen LogP contribution in [0.25, 0.3) is 0 Å². The number of fused-ring (bicyclic) bond motifs is 3. The molecule has 2 bridgehead atoms. The van der Waals surface area contributed by atoms with Crippen molar-refractivity contribution in [3.05, 3.63) is 17.5 Å². The number of carbonyl (C=O) groups is 1. The topological polar surface area (TPSA) is 61.4 Å². The van der Waals surface area contributed by atoms with Crippen molar-refractivity contribution in [2.24, 2.45) is 5.92 Å². The zero-order chi connectivity index (χ0) is 15.0. The predicted octanol–water partition coefficient (Wildman–Crippen LogP) is 0.675. The molecule has 3 aliphatic heterocycles. The van der Waals surface area contributed by atoms with Crippen molar-refractivity contribution in [2.75, 3.05) is 38.6 Å². The highest BCUT2D eigenvalue weighted by molar-refractivity contribution is 5.92. The molecule has 0 aromatic carbocycles. The molecule has 6 nitrogen and oxygen atoms in total. The first kappa shape index (κ1) is 14.3. The molecule has 1 N–H and O–H groups in total. The fraction of sp³-hybridized carbons (Fsp3) is 0.667. The van der Waals surface area contributed by atoms with E-state index in [1.165, 1.54) is 25.9 Å². The van der Waals surface area contributed by atoms with E-state index in [1.54, 1.807) is 6.07 Å². The average molecular weight is 289 g/mol. The van der Waals surface area contributed by atoms with Gasteiger partial charge in [-0.3, -0.25) is 4.79 Å². The third-order valence-electron chi connectivity index (χ3n) is 4.45. The lowest BCUT2D eigenvalue weighted by Crippen LogP contribution is -2.57. The van der Waals surface area contributed by atoms with E-state index in [9.17, 15) is 4.79 Å². The minimum absolute atomic E-state index is 0.0812. The molecular formula is C15H23N5O. The summed E-state index contributed by atoms with van der Waals surface area (Å²) in [7, 11) is 3.76. The first-order valence-corrected chi connectivity index (χ1v) is 7.59. The first-order valence-electron chi connectivity index (χ1n) is 7.59. The van der Waals surface area contributed by atoms with E-state index in [-0.39, 0.29) is 11.9 Å². The van der Waals surface area contributed by atoms with Crippen LogP contribution < -0.4 is 10.2 Å². The van der Waals surface area contributed by atoms with Gasteiger partial charge in [-0.25, -0.2) is 9.97 Å². The summed E-state index contributed by atoms with van der Waals surface area (Å²) in [6, 6.07) is 2.02. The van der Waals surface area contributed by atoms with Crippen LogP contribution in [-0.4, -0.2) is 60.5 Å². The van der Waals surface area contributed by atoms with Crippen LogP contribution in [0, 0.1) is 12.8 Å². The average Bonchev–Trinajstić information content (AvgIpc) is 2.47. The summed E-state index contributed by atoms with van der Waals surface area (Å²) in [6.07, 6.45) is 2.38. The maximum absolute atomic E-state index is 12.5. The predicted molar refractivity (Wildman–Crippen MR) is 81.5 cm³/mol. The molecule has 1 unspecified atom stereocenters. The standard InChI is InChI=1S/C15H23N5O/c1-10-8-12(18-15(16-10)19(2)3)14(21)17-13-9-20-6-4-11(13)5-7-20/h8,11,13H,4-7,9H2,1-3H3,(H,17,21). The lowest BCUT2D eigenvalue weighted by molar-refractivity contribution is 0.0617. The Hall–Kier alpha value is -1.69. The Labute approximate surface area is 125 Å². The molecule has 3 fully saturated rings. The van der Waals surface area contributed by atoms with Gasteiger partial charge in [-0.2, -0.15) is 0 Å². The third-order valence-corrected chi connectivity index (χ3v) is 4.45. The minimum Gasteiger partial charge on any atom is -0.347 e. The molecular weight excluding hydrogens is 266 g/mol. The van der Waals surface area contributed by atoms with Crippen LogP contribution in [0.5, 0.6) is 0 Å². The number of carbonyl (C=O) groups excluding carboxylic acids is 1. The van der Waals surface area contributed by atoms with Crippen LogP contribution in [0.1, 0.15) is 29.0 Å². The SMILES string of the molecule is Cc1cc(C(=O)NC2CN3CCC2CC3)nc(N(C)C)n1. The number of nitrogens with zero attached hydrogens (tertiary/aromatic N) is 4. The quantitative estimate of drug-likeness (QED) is 0.886. The van der Waals surface area contributed by atoms with E-state index < -0.39 is 0 Å². The molecule has 114 valence electrons. The monoisotopic (exact) mass is 289 g/mol. The second-order valence-electron chi connectivity index (χ2n) is 6.31. The fourth-order valence-electron chi connectivity index (χ4n) is 3.24. The van der Waals surface area contributed by atoms with Gasteiger partial charge in [0.05, 0.1) is 0 Å². The van der Waals surface area contributed by atoms with Gasteiger partial charge in [-0.1, -0.05) is 0 Å². The lowest BCUT2D eigenvalue weighted by atomic mass is 9.84. The molecule has 3 saturated heterocycles. The first-order chi connectivity index (χ1) is 10.0. The molecule has 1 amide bonds. The van der Waals surface area contributed by atoms with Gasteiger partial charge in [0.1, 0.15) is 5.69 Å². The summed E-state index contributed by atoms with van der Waals surface area (Å²) in [4.78, 5) is 25.4. The molecule has 1 atom stereocenters. The molecule has 0 spiro atoms.